The number of hydrogen-bond donors (Lipinski definition) is 1. The van der Waals surface area contributed by atoms with E-state index in [2.05, 4.69) is 0 Å². The van der Waals surface area contributed by atoms with Gasteiger partial charge in [-0.1, -0.05) is 17.7 Å². The molecule has 0 saturated carbocycles. The molecule has 0 aliphatic heterocycles. The van der Waals surface area contributed by atoms with Crippen molar-refractivity contribution in [2.45, 2.75) is 12.5 Å². The van der Waals surface area contributed by atoms with Gasteiger partial charge in [-0.25, -0.2) is 8.78 Å². The molecule has 0 heterocycles. The van der Waals surface area contributed by atoms with Crippen molar-refractivity contribution in [2.24, 2.45) is 5.73 Å². The molecule has 0 aliphatic carbocycles. The maximum absolute atomic E-state index is 12.5. The smallest absolute Gasteiger partial charge is 0.257 e. The predicted octanol–water partition coefficient (Wildman–Crippen LogP) is 2.62. The lowest BCUT2D eigenvalue weighted by Gasteiger charge is -2.16. The fourth-order valence-corrected chi connectivity index (χ4v) is 1.66. The molecule has 0 bridgehead atoms. The van der Waals surface area contributed by atoms with E-state index in [1.54, 1.807) is 0 Å². The summed E-state index contributed by atoms with van der Waals surface area (Å²) in [7, 11) is 2.81. The molecule has 1 atom stereocenters. The lowest BCUT2D eigenvalue weighted by Crippen LogP contribution is -2.19. The Bertz CT molecular complexity index is 374. The third-order valence-electron chi connectivity index (χ3n) is 2.15. The molecule has 1 aromatic rings. The van der Waals surface area contributed by atoms with Crippen LogP contribution in [0.4, 0.5) is 8.78 Å². The monoisotopic (exact) mass is 251 g/mol. The molecule has 1 unspecified atom stereocenters. The van der Waals surface area contributed by atoms with Crippen LogP contribution in [0.3, 0.4) is 0 Å². The van der Waals surface area contributed by atoms with Gasteiger partial charge in [0, 0.05) is 0 Å². The zero-order valence-electron chi connectivity index (χ0n) is 8.84. The number of methoxy groups -OCH3 is 2. The summed E-state index contributed by atoms with van der Waals surface area (Å²) in [6, 6.07) is 1.45. The minimum absolute atomic E-state index is 0.0506. The normalized spacial score (nSPS) is 12.7. The molecule has 0 amide bonds. The van der Waals surface area contributed by atoms with E-state index in [1.807, 2.05) is 0 Å². The minimum Gasteiger partial charge on any atom is -0.493 e. The number of halogens is 3. The standard InChI is InChI=1S/C10H12ClF2NO2/c1-15-6-4-3-5(8(14)10(12)13)7(11)9(6)16-2/h3-4,8,10H,14H2,1-2H3. The minimum atomic E-state index is -2.68. The van der Waals surface area contributed by atoms with Crippen LogP contribution in [0.2, 0.25) is 5.02 Å². The maximum Gasteiger partial charge on any atom is 0.257 e. The molecule has 16 heavy (non-hydrogen) atoms. The molecule has 1 aromatic carbocycles. The van der Waals surface area contributed by atoms with Gasteiger partial charge in [-0.2, -0.15) is 0 Å². The van der Waals surface area contributed by atoms with Crippen LogP contribution in [0.25, 0.3) is 0 Å². The summed E-state index contributed by atoms with van der Waals surface area (Å²) < 4.78 is 34.9. The van der Waals surface area contributed by atoms with Crippen molar-refractivity contribution >= 4 is 11.6 Å². The number of benzene rings is 1. The number of hydrogen-bond acceptors (Lipinski definition) is 3. The summed E-state index contributed by atoms with van der Waals surface area (Å²) in [6.07, 6.45) is -2.68. The van der Waals surface area contributed by atoms with E-state index in [1.165, 1.54) is 26.4 Å². The average Bonchev–Trinajstić information content (AvgIpc) is 2.27. The van der Waals surface area contributed by atoms with Gasteiger partial charge >= 0.3 is 0 Å². The van der Waals surface area contributed by atoms with Gasteiger partial charge in [0.15, 0.2) is 11.5 Å². The van der Waals surface area contributed by atoms with Gasteiger partial charge in [0.1, 0.15) is 0 Å². The van der Waals surface area contributed by atoms with Gasteiger partial charge < -0.3 is 15.2 Å². The fraction of sp³-hybridized carbons (Fsp3) is 0.400. The molecule has 0 radical (unpaired) electrons. The quantitative estimate of drug-likeness (QED) is 0.895. The Morgan fingerprint density at radius 2 is 1.88 bits per heavy atom. The van der Waals surface area contributed by atoms with Gasteiger partial charge in [-0.05, 0) is 11.6 Å². The number of alkyl halides is 2. The van der Waals surface area contributed by atoms with Gasteiger partial charge in [0.2, 0.25) is 0 Å². The van der Waals surface area contributed by atoms with E-state index < -0.39 is 12.5 Å². The van der Waals surface area contributed by atoms with E-state index in [-0.39, 0.29) is 16.3 Å². The van der Waals surface area contributed by atoms with Crippen LogP contribution in [0.15, 0.2) is 12.1 Å². The van der Waals surface area contributed by atoms with E-state index in [4.69, 9.17) is 26.8 Å². The van der Waals surface area contributed by atoms with Crippen LogP contribution >= 0.6 is 11.6 Å². The zero-order valence-corrected chi connectivity index (χ0v) is 9.59. The predicted molar refractivity (Wildman–Crippen MR) is 57.5 cm³/mol. The van der Waals surface area contributed by atoms with Crippen LogP contribution in [0, 0.1) is 0 Å². The Kier molecular flexibility index (Phi) is 4.32. The first kappa shape index (κ1) is 13.0. The van der Waals surface area contributed by atoms with Crippen molar-refractivity contribution in [3.63, 3.8) is 0 Å². The molecule has 90 valence electrons. The third kappa shape index (κ3) is 2.36. The molecular formula is C10H12ClF2NO2. The summed E-state index contributed by atoms with van der Waals surface area (Å²) in [6.45, 7) is 0. The molecule has 0 aliphatic rings. The Balaban J connectivity index is 3.23. The zero-order chi connectivity index (χ0) is 12.3. The second kappa shape index (κ2) is 5.32. The van der Waals surface area contributed by atoms with Gasteiger partial charge in [-0.3, -0.25) is 0 Å². The lowest BCUT2D eigenvalue weighted by molar-refractivity contribution is 0.116. The summed E-state index contributed by atoms with van der Waals surface area (Å²) in [5.41, 5.74) is 5.46. The van der Waals surface area contributed by atoms with Crippen molar-refractivity contribution in [1.29, 1.82) is 0 Å². The Labute approximate surface area is 97.1 Å². The molecule has 0 aromatic heterocycles. The summed E-state index contributed by atoms with van der Waals surface area (Å²) in [4.78, 5) is 0. The first-order chi connectivity index (χ1) is 7.52. The maximum atomic E-state index is 12.5. The summed E-state index contributed by atoms with van der Waals surface area (Å²) >= 11 is 5.91. The van der Waals surface area contributed by atoms with E-state index in [9.17, 15) is 8.78 Å². The SMILES string of the molecule is COc1ccc(C(N)C(F)F)c(Cl)c1OC. The van der Waals surface area contributed by atoms with E-state index in [0.29, 0.717) is 5.75 Å². The topological polar surface area (TPSA) is 44.5 Å². The van der Waals surface area contributed by atoms with Crippen LogP contribution in [0.1, 0.15) is 11.6 Å². The largest absolute Gasteiger partial charge is 0.493 e. The molecular weight excluding hydrogens is 240 g/mol. The Morgan fingerprint density at radius 3 is 2.31 bits per heavy atom. The van der Waals surface area contributed by atoms with Gasteiger partial charge in [0.05, 0.1) is 25.3 Å². The molecule has 2 N–H and O–H groups in total. The highest BCUT2D eigenvalue weighted by molar-refractivity contribution is 6.33. The van der Waals surface area contributed by atoms with Crippen molar-refractivity contribution in [1.82, 2.24) is 0 Å². The fourth-order valence-electron chi connectivity index (χ4n) is 1.30. The molecule has 1 rings (SSSR count). The van der Waals surface area contributed by atoms with Crippen molar-refractivity contribution in [3.05, 3.63) is 22.7 Å². The number of ether oxygens (including phenoxy) is 2. The highest BCUT2D eigenvalue weighted by atomic mass is 35.5. The Morgan fingerprint density at radius 1 is 1.25 bits per heavy atom. The summed E-state index contributed by atoms with van der Waals surface area (Å²) in [5, 5.41) is 0.0506. The van der Waals surface area contributed by atoms with Crippen molar-refractivity contribution < 1.29 is 18.3 Å². The third-order valence-corrected chi connectivity index (χ3v) is 2.54. The highest BCUT2D eigenvalue weighted by Crippen LogP contribution is 2.40. The number of nitrogens with two attached hydrogens (primary N) is 1. The summed E-state index contributed by atoms with van der Waals surface area (Å²) in [5.74, 6) is 0.579. The van der Waals surface area contributed by atoms with Crippen LogP contribution in [-0.4, -0.2) is 20.6 Å². The first-order valence-electron chi connectivity index (χ1n) is 4.47. The van der Waals surface area contributed by atoms with Crippen LogP contribution in [0.5, 0.6) is 11.5 Å². The van der Waals surface area contributed by atoms with Gasteiger partial charge in [-0.15, -0.1) is 0 Å². The lowest BCUT2D eigenvalue weighted by atomic mass is 10.1. The second-order valence-corrected chi connectivity index (χ2v) is 3.44. The number of rotatable bonds is 4. The Hall–Kier alpha value is -1.07. The first-order valence-corrected chi connectivity index (χ1v) is 4.84. The molecule has 0 saturated heterocycles. The van der Waals surface area contributed by atoms with Crippen molar-refractivity contribution in [2.75, 3.05) is 14.2 Å². The highest BCUT2D eigenvalue weighted by Gasteiger charge is 2.23. The second-order valence-electron chi connectivity index (χ2n) is 3.06. The van der Waals surface area contributed by atoms with Crippen molar-refractivity contribution in [3.8, 4) is 11.5 Å². The van der Waals surface area contributed by atoms with Crippen LogP contribution < -0.4 is 15.2 Å². The van der Waals surface area contributed by atoms with Gasteiger partial charge in [0.25, 0.3) is 6.43 Å². The van der Waals surface area contributed by atoms with Crippen LogP contribution in [-0.2, 0) is 0 Å². The average molecular weight is 252 g/mol. The molecule has 0 spiro atoms. The molecule has 0 fully saturated rings. The molecule has 6 heteroatoms. The van der Waals surface area contributed by atoms with E-state index in [0.717, 1.165) is 0 Å². The van der Waals surface area contributed by atoms with E-state index >= 15 is 0 Å². The molecule has 3 nitrogen and oxygen atoms in total.